The SMILES string of the molecule is COc1ccc(NC(=O)Cn2cc(NC(=O)c3ccc(N4CCCC4)c([N+](=O)[O-])c3)cn2)cc1. The van der Waals surface area contributed by atoms with Crippen molar-refractivity contribution in [3.05, 3.63) is 70.5 Å². The Hall–Kier alpha value is -4.41. The third-order valence-electron chi connectivity index (χ3n) is 5.45. The summed E-state index contributed by atoms with van der Waals surface area (Å²) in [4.78, 5) is 38.0. The molecule has 2 N–H and O–H groups in total. The summed E-state index contributed by atoms with van der Waals surface area (Å²) in [6.45, 7) is 1.47. The predicted molar refractivity (Wildman–Crippen MR) is 126 cm³/mol. The number of methoxy groups -OCH3 is 1. The molecule has 2 amide bonds. The topological polar surface area (TPSA) is 132 Å². The summed E-state index contributed by atoms with van der Waals surface area (Å²) in [5.41, 5.74) is 1.58. The Labute approximate surface area is 195 Å². The van der Waals surface area contributed by atoms with Crippen molar-refractivity contribution < 1.29 is 19.2 Å². The Kier molecular flexibility index (Phi) is 6.72. The van der Waals surface area contributed by atoms with Crippen molar-refractivity contribution in [2.75, 3.05) is 35.7 Å². The van der Waals surface area contributed by atoms with E-state index >= 15 is 0 Å². The normalized spacial score (nSPS) is 12.9. The van der Waals surface area contributed by atoms with E-state index in [2.05, 4.69) is 15.7 Å². The molecule has 0 saturated carbocycles. The number of hydrogen-bond donors (Lipinski definition) is 2. The Balaban J connectivity index is 1.38. The molecule has 2 aromatic carbocycles. The van der Waals surface area contributed by atoms with Crippen LogP contribution in [0.5, 0.6) is 5.75 Å². The lowest BCUT2D eigenvalue weighted by atomic mass is 10.1. The summed E-state index contributed by atoms with van der Waals surface area (Å²) in [5, 5.41) is 21.1. The monoisotopic (exact) mass is 464 g/mol. The first-order chi connectivity index (χ1) is 16.4. The minimum Gasteiger partial charge on any atom is -0.497 e. The molecule has 0 atom stereocenters. The van der Waals surface area contributed by atoms with Crippen molar-refractivity contribution in [2.24, 2.45) is 0 Å². The van der Waals surface area contributed by atoms with E-state index in [4.69, 9.17) is 4.74 Å². The van der Waals surface area contributed by atoms with Crippen LogP contribution < -0.4 is 20.3 Å². The van der Waals surface area contributed by atoms with Gasteiger partial charge in [-0.05, 0) is 49.2 Å². The van der Waals surface area contributed by atoms with E-state index in [1.807, 2.05) is 4.90 Å². The maximum absolute atomic E-state index is 12.7. The molecule has 0 unspecified atom stereocenters. The molecular formula is C23H24N6O5. The summed E-state index contributed by atoms with van der Waals surface area (Å²) in [6.07, 6.45) is 4.90. The molecule has 0 aliphatic carbocycles. The Morgan fingerprint density at radius 3 is 2.50 bits per heavy atom. The molecule has 1 aromatic heterocycles. The molecule has 2 heterocycles. The highest BCUT2D eigenvalue weighted by atomic mass is 16.6. The largest absolute Gasteiger partial charge is 0.497 e. The van der Waals surface area contributed by atoms with Gasteiger partial charge in [0.1, 0.15) is 18.0 Å². The van der Waals surface area contributed by atoms with E-state index in [0.29, 0.717) is 22.8 Å². The molecule has 0 bridgehead atoms. The summed E-state index contributed by atoms with van der Waals surface area (Å²) >= 11 is 0. The van der Waals surface area contributed by atoms with Gasteiger partial charge in [-0.1, -0.05) is 0 Å². The number of benzene rings is 2. The summed E-state index contributed by atoms with van der Waals surface area (Å²) in [6, 6.07) is 11.4. The van der Waals surface area contributed by atoms with Gasteiger partial charge in [-0.25, -0.2) is 0 Å². The molecule has 0 radical (unpaired) electrons. The molecule has 1 fully saturated rings. The van der Waals surface area contributed by atoms with Crippen LogP contribution in [0.1, 0.15) is 23.2 Å². The second kappa shape index (κ2) is 10.0. The van der Waals surface area contributed by atoms with Crippen molar-refractivity contribution in [1.29, 1.82) is 0 Å². The number of carbonyl (C=O) groups is 2. The van der Waals surface area contributed by atoms with Crippen LogP contribution in [0, 0.1) is 10.1 Å². The zero-order valence-electron chi connectivity index (χ0n) is 18.6. The van der Waals surface area contributed by atoms with Gasteiger partial charge in [0.25, 0.3) is 11.6 Å². The number of carbonyl (C=O) groups excluding carboxylic acids is 2. The summed E-state index contributed by atoms with van der Waals surface area (Å²) in [5.74, 6) is -0.112. The number of amides is 2. The lowest BCUT2D eigenvalue weighted by Gasteiger charge is -2.17. The smallest absolute Gasteiger partial charge is 0.293 e. The van der Waals surface area contributed by atoms with Crippen LogP contribution >= 0.6 is 0 Å². The molecule has 176 valence electrons. The average Bonchev–Trinajstić information content (AvgIpc) is 3.51. The molecule has 11 nitrogen and oxygen atoms in total. The first kappa shape index (κ1) is 22.8. The number of nitrogens with zero attached hydrogens (tertiary/aromatic N) is 4. The van der Waals surface area contributed by atoms with Crippen LogP contribution in [0.25, 0.3) is 0 Å². The van der Waals surface area contributed by atoms with Crippen LogP contribution in [0.15, 0.2) is 54.9 Å². The maximum Gasteiger partial charge on any atom is 0.293 e. The van der Waals surface area contributed by atoms with Gasteiger partial charge in [0.15, 0.2) is 0 Å². The zero-order chi connectivity index (χ0) is 24.1. The van der Waals surface area contributed by atoms with E-state index in [1.54, 1.807) is 43.5 Å². The average molecular weight is 464 g/mol. The van der Waals surface area contributed by atoms with E-state index in [0.717, 1.165) is 25.9 Å². The van der Waals surface area contributed by atoms with Crippen LogP contribution in [-0.4, -0.2) is 46.7 Å². The molecule has 3 aromatic rings. The molecule has 1 saturated heterocycles. The van der Waals surface area contributed by atoms with Crippen LogP contribution in [0.2, 0.25) is 0 Å². The van der Waals surface area contributed by atoms with Crippen LogP contribution in [0.4, 0.5) is 22.7 Å². The van der Waals surface area contributed by atoms with E-state index in [-0.39, 0.29) is 23.7 Å². The number of nitro groups is 1. The van der Waals surface area contributed by atoms with Crippen molar-refractivity contribution in [2.45, 2.75) is 19.4 Å². The first-order valence-electron chi connectivity index (χ1n) is 10.7. The predicted octanol–water partition coefficient (Wildman–Crippen LogP) is 3.29. The van der Waals surface area contributed by atoms with Gasteiger partial charge in [-0.3, -0.25) is 24.4 Å². The number of aromatic nitrogens is 2. The van der Waals surface area contributed by atoms with Gasteiger partial charge in [0.05, 0.1) is 23.9 Å². The van der Waals surface area contributed by atoms with Gasteiger partial charge in [-0.15, -0.1) is 0 Å². The van der Waals surface area contributed by atoms with Crippen molar-refractivity contribution >= 4 is 34.6 Å². The fourth-order valence-corrected chi connectivity index (χ4v) is 3.78. The quantitative estimate of drug-likeness (QED) is 0.386. The molecule has 11 heteroatoms. The number of ether oxygens (including phenoxy) is 1. The van der Waals surface area contributed by atoms with E-state index < -0.39 is 10.8 Å². The minimum atomic E-state index is -0.502. The molecule has 1 aliphatic heterocycles. The lowest BCUT2D eigenvalue weighted by Crippen LogP contribution is -2.20. The third kappa shape index (κ3) is 5.31. The number of anilines is 3. The first-order valence-corrected chi connectivity index (χ1v) is 10.7. The number of hydrogen-bond acceptors (Lipinski definition) is 7. The van der Waals surface area contributed by atoms with Gasteiger partial charge in [0, 0.05) is 36.6 Å². The van der Waals surface area contributed by atoms with E-state index in [9.17, 15) is 19.7 Å². The summed E-state index contributed by atoms with van der Waals surface area (Å²) in [7, 11) is 1.56. The van der Waals surface area contributed by atoms with Crippen LogP contribution in [-0.2, 0) is 11.3 Å². The second-order valence-electron chi connectivity index (χ2n) is 7.81. The molecular weight excluding hydrogens is 440 g/mol. The van der Waals surface area contributed by atoms with Gasteiger partial charge < -0.3 is 20.3 Å². The highest BCUT2D eigenvalue weighted by Gasteiger charge is 2.24. The van der Waals surface area contributed by atoms with Gasteiger partial charge in [0.2, 0.25) is 5.91 Å². The number of rotatable bonds is 8. The maximum atomic E-state index is 12.7. The summed E-state index contributed by atoms with van der Waals surface area (Å²) < 4.78 is 6.47. The number of nitro benzene ring substituents is 1. The molecule has 1 aliphatic rings. The Morgan fingerprint density at radius 1 is 1.09 bits per heavy atom. The Bertz CT molecular complexity index is 1200. The number of nitrogens with one attached hydrogen (secondary N) is 2. The molecule has 4 rings (SSSR count). The van der Waals surface area contributed by atoms with Crippen molar-refractivity contribution in [1.82, 2.24) is 9.78 Å². The van der Waals surface area contributed by atoms with Crippen LogP contribution in [0.3, 0.4) is 0 Å². The van der Waals surface area contributed by atoms with Crippen molar-refractivity contribution in [3.63, 3.8) is 0 Å². The lowest BCUT2D eigenvalue weighted by molar-refractivity contribution is -0.384. The second-order valence-corrected chi connectivity index (χ2v) is 7.81. The standard InChI is InChI=1S/C23H24N6O5/c1-34-19-7-5-17(6-8-19)25-22(30)15-28-14-18(13-24-28)26-23(31)16-4-9-20(21(12-16)29(32)33)27-10-2-3-11-27/h4-9,12-14H,2-3,10-11,15H2,1H3,(H,25,30)(H,26,31). The van der Waals surface area contributed by atoms with Gasteiger partial charge >= 0.3 is 0 Å². The highest BCUT2D eigenvalue weighted by molar-refractivity contribution is 6.05. The third-order valence-corrected chi connectivity index (χ3v) is 5.45. The molecule has 0 spiro atoms. The highest BCUT2D eigenvalue weighted by Crippen LogP contribution is 2.31. The van der Waals surface area contributed by atoms with Crippen molar-refractivity contribution in [3.8, 4) is 5.75 Å². The fraction of sp³-hybridized carbons (Fsp3) is 0.261. The molecule has 34 heavy (non-hydrogen) atoms. The Morgan fingerprint density at radius 2 is 1.82 bits per heavy atom. The zero-order valence-corrected chi connectivity index (χ0v) is 18.6. The van der Waals surface area contributed by atoms with E-state index in [1.165, 1.54) is 23.1 Å². The minimum absolute atomic E-state index is 0.0576. The van der Waals surface area contributed by atoms with Gasteiger partial charge in [-0.2, -0.15) is 5.10 Å². The fourth-order valence-electron chi connectivity index (χ4n) is 3.78.